The number of azide groups is 2. The van der Waals surface area contributed by atoms with E-state index >= 15 is 0 Å². The topological polar surface area (TPSA) is 126 Å². The summed E-state index contributed by atoms with van der Waals surface area (Å²) in [5, 5.41) is 15.8. The number of H-pyrrole nitrogens is 1. The zero-order valence-corrected chi connectivity index (χ0v) is 23.0. The molecule has 4 rings (SSSR count). The highest BCUT2D eigenvalue weighted by molar-refractivity contribution is 5.25. The largest absolute Gasteiger partial charge is 0.282 e. The molecule has 0 amide bonds. The molecule has 8 nitrogen and oxygen atoms in total. The number of rotatable bonds is 10. The maximum Gasteiger partial charge on any atom is 0.0522 e. The Kier molecular flexibility index (Phi) is 8.26. The van der Waals surface area contributed by atoms with E-state index in [9.17, 15) is 5.53 Å². The highest BCUT2D eigenvalue weighted by Gasteiger charge is 2.58. The maximum atomic E-state index is 9.31. The van der Waals surface area contributed by atoms with Gasteiger partial charge in [0.25, 0.3) is 0 Å². The Hall–Kier alpha value is -2.17. The van der Waals surface area contributed by atoms with Gasteiger partial charge in [0.1, 0.15) is 0 Å². The molecule has 36 heavy (non-hydrogen) atoms. The molecule has 1 aromatic rings. The summed E-state index contributed by atoms with van der Waals surface area (Å²) in [6.45, 7) is 13.2. The van der Waals surface area contributed by atoms with Gasteiger partial charge in [0.15, 0.2) is 0 Å². The highest BCUT2D eigenvalue weighted by Crippen LogP contribution is 2.65. The molecule has 1 unspecified atom stereocenters. The van der Waals surface area contributed by atoms with Crippen LogP contribution in [-0.2, 0) is 12.8 Å². The van der Waals surface area contributed by atoms with Crippen LogP contribution in [0.1, 0.15) is 90.8 Å². The molecular formula is C28H46N8. The zero-order valence-electron chi connectivity index (χ0n) is 23.0. The van der Waals surface area contributed by atoms with Crippen LogP contribution in [0.25, 0.3) is 20.9 Å². The molecule has 3 aliphatic rings. The van der Waals surface area contributed by atoms with Crippen molar-refractivity contribution in [2.24, 2.45) is 62.5 Å². The number of nitrogens with zero attached hydrogens (tertiary/aromatic N) is 7. The lowest BCUT2D eigenvalue weighted by Crippen LogP contribution is -2.53. The molecule has 2 saturated carbocycles. The first-order valence-corrected chi connectivity index (χ1v) is 14.3. The Morgan fingerprint density at radius 2 is 1.75 bits per heavy atom. The molecule has 1 aromatic heterocycles. The Balaban J connectivity index is 1.61. The van der Waals surface area contributed by atoms with Crippen LogP contribution in [0, 0.1) is 52.3 Å². The lowest BCUT2D eigenvalue weighted by molar-refractivity contribution is -0.0662. The molecule has 0 bridgehead atoms. The number of nitrogens with one attached hydrogen (secondary N) is 1. The normalized spacial score (nSPS) is 36.4. The lowest BCUT2D eigenvalue weighted by atomic mass is 9.48. The summed E-state index contributed by atoms with van der Waals surface area (Å²) >= 11 is 0. The minimum absolute atomic E-state index is 0.0109. The summed E-state index contributed by atoms with van der Waals surface area (Å²) in [6.07, 6.45) is 12.7. The summed E-state index contributed by atoms with van der Waals surface area (Å²) in [4.78, 5) is 6.33. The van der Waals surface area contributed by atoms with Gasteiger partial charge < -0.3 is 0 Å². The van der Waals surface area contributed by atoms with Gasteiger partial charge in [-0.2, -0.15) is 5.10 Å². The first kappa shape index (κ1) is 26.9. The average molecular weight is 495 g/mol. The first-order valence-electron chi connectivity index (χ1n) is 14.3. The van der Waals surface area contributed by atoms with Crippen molar-refractivity contribution in [2.45, 2.75) is 92.4 Å². The van der Waals surface area contributed by atoms with E-state index in [0.29, 0.717) is 36.3 Å². The third-order valence-electron chi connectivity index (χ3n) is 11.0. The smallest absolute Gasteiger partial charge is 0.0522 e. The minimum atomic E-state index is -0.0109. The fourth-order valence-corrected chi connectivity index (χ4v) is 9.06. The van der Waals surface area contributed by atoms with Gasteiger partial charge in [-0.15, -0.1) is 0 Å². The second kappa shape index (κ2) is 11.1. The molecule has 0 aromatic carbocycles. The maximum absolute atomic E-state index is 9.31. The van der Waals surface area contributed by atoms with Gasteiger partial charge in [-0.25, -0.2) is 0 Å². The molecule has 1 N–H and O–H groups in total. The number of hydrogen-bond donors (Lipinski definition) is 1. The van der Waals surface area contributed by atoms with Gasteiger partial charge in [0.05, 0.1) is 6.20 Å². The molecule has 198 valence electrons. The van der Waals surface area contributed by atoms with Gasteiger partial charge in [-0.1, -0.05) is 64.1 Å². The van der Waals surface area contributed by atoms with Gasteiger partial charge in [0, 0.05) is 28.6 Å². The van der Waals surface area contributed by atoms with Gasteiger partial charge in [0.2, 0.25) is 0 Å². The van der Waals surface area contributed by atoms with Crippen LogP contribution >= 0.6 is 0 Å². The van der Waals surface area contributed by atoms with E-state index in [1.165, 1.54) is 49.8 Å². The van der Waals surface area contributed by atoms with E-state index in [2.05, 4.69) is 64.9 Å². The van der Waals surface area contributed by atoms with Crippen LogP contribution in [0.2, 0.25) is 0 Å². The minimum Gasteiger partial charge on any atom is -0.282 e. The quantitative estimate of drug-likeness (QED) is 0.196. The Bertz CT molecular complexity index is 989. The molecule has 2 fully saturated rings. The van der Waals surface area contributed by atoms with Crippen LogP contribution in [0.15, 0.2) is 16.4 Å². The van der Waals surface area contributed by atoms with E-state index in [0.717, 1.165) is 37.0 Å². The Labute approximate surface area is 216 Å². The third kappa shape index (κ3) is 4.99. The number of hydrogen-bond acceptors (Lipinski definition) is 3. The number of aromatic nitrogens is 2. The lowest BCUT2D eigenvalue weighted by Gasteiger charge is -2.57. The zero-order chi connectivity index (χ0) is 25.9. The summed E-state index contributed by atoms with van der Waals surface area (Å²) in [6, 6.07) is 0. The third-order valence-corrected chi connectivity index (χ3v) is 11.0. The van der Waals surface area contributed by atoms with E-state index in [4.69, 9.17) is 5.53 Å². The standard InChI is InChI=1S/C28H46N8/c1-18(2)7-6-8-19(3)23-9-10-24-22(17-33-36-30)25(11-12-27(23,24)4)28(5)14-20-15-31-34-26(20)13-21(28)16-32-35-29/h15,18-19,21-25H,6-14,16-17H2,1-5H3,(H,31,34)/t19?,21-,22+,23-,24+,25+,27-,28+/m1/s1. The second-order valence-electron chi connectivity index (χ2n) is 13.2. The van der Waals surface area contributed by atoms with E-state index in [1.54, 1.807) is 0 Å². The summed E-state index contributed by atoms with van der Waals surface area (Å²) in [5.41, 5.74) is 21.2. The van der Waals surface area contributed by atoms with Crippen molar-refractivity contribution in [3.05, 3.63) is 38.3 Å². The van der Waals surface area contributed by atoms with Crippen molar-refractivity contribution in [2.75, 3.05) is 13.1 Å². The fraction of sp³-hybridized carbons (Fsp3) is 0.893. The Morgan fingerprint density at radius 1 is 1.03 bits per heavy atom. The van der Waals surface area contributed by atoms with Crippen LogP contribution in [0.3, 0.4) is 0 Å². The van der Waals surface area contributed by atoms with Crippen molar-refractivity contribution >= 4 is 0 Å². The van der Waals surface area contributed by atoms with Gasteiger partial charge in [-0.05, 0) is 107 Å². The van der Waals surface area contributed by atoms with Crippen molar-refractivity contribution < 1.29 is 0 Å². The van der Waals surface area contributed by atoms with E-state index < -0.39 is 0 Å². The van der Waals surface area contributed by atoms with Gasteiger partial charge >= 0.3 is 0 Å². The van der Waals surface area contributed by atoms with Crippen LogP contribution < -0.4 is 0 Å². The molecule has 0 aliphatic heterocycles. The molecule has 0 spiro atoms. The SMILES string of the molecule is CC(C)CCCC(C)[C@H]1CC[C@H]2[C@H](CN=[N+]=[N-])[C@@H]([C@@]3(C)Cc4cn[nH]c4C[C@@H]3CN=[N+]=[N-])CC[C@]12C. The molecule has 8 heteroatoms. The molecule has 3 aliphatic carbocycles. The molecule has 0 radical (unpaired) electrons. The molecular weight excluding hydrogens is 448 g/mol. The highest BCUT2D eigenvalue weighted by atomic mass is 15.1. The van der Waals surface area contributed by atoms with Crippen molar-refractivity contribution in [1.82, 2.24) is 10.2 Å². The van der Waals surface area contributed by atoms with E-state index in [-0.39, 0.29) is 11.3 Å². The summed E-state index contributed by atoms with van der Waals surface area (Å²) < 4.78 is 0. The van der Waals surface area contributed by atoms with Crippen LogP contribution in [0.4, 0.5) is 0 Å². The number of fused-ring (bicyclic) bond motifs is 2. The van der Waals surface area contributed by atoms with E-state index in [1.807, 2.05) is 6.20 Å². The summed E-state index contributed by atoms with van der Waals surface area (Å²) in [7, 11) is 0. The monoisotopic (exact) mass is 494 g/mol. The average Bonchev–Trinajstić information content (AvgIpc) is 3.43. The predicted molar refractivity (Wildman–Crippen MR) is 144 cm³/mol. The number of aromatic amines is 1. The fourth-order valence-electron chi connectivity index (χ4n) is 9.06. The van der Waals surface area contributed by atoms with Crippen molar-refractivity contribution in [3.63, 3.8) is 0 Å². The molecule has 8 atom stereocenters. The first-order chi connectivity index (χ1) is 17.2. The van der Waals surface area contributed by atoms with Crippen LogP contribution in [-0.4, -0.2) is 23.3 Å². The van der Waals surface area contributed by atoms with Crippen molar-refractivity contribution in [1.29, 1.82) is 0 Å². The molecule has 0 saturated heterocycles. The second-order valence-corrected chi connectivity index (χ2v) is 13.2. The molecule has 1 heterocycles. The summed E-state index contributed by atoms with van der Waals surface area (Å²) in [5.74, 6) is 3.93. The predicted octanol–water partition coefficient (Wildman–Crippen LogP) is 8.27. The Morgan fingerprint density at radius 3 is 2.47 bits per heavy atom. The van der Waals surface area contributed by atoms with Crippen LogP contribution in [0.5, 0.6) is 0 Å². The van der Waals surface area contributed by atoms with Crippen molar-refractivity contribution in [3.8, 4) is 0 Å². The van der Waals surface area contributed by atoms with Gasteiger partial charge in [-0.3, -0.25) is 5.10 Å².